The van der Waals surface area contributed by atoms with E-state index in [1.165, 1.54) is 49.7 Å². The molecular formula is C19H29N. The molecule has 0 bridgehead atoms. The molecule has 0 saturated heterocycles. The largest absolute Gasteiger partial charge is 0.310 e. The van der Waals surface area contributed by atoms with Gasteiger partial charge in [-0.25, -0.2) is 0 Å². The minimum absolute atomic E-state index is 0.602. The number of benzene rings is 1. The van der Waals surface area contributed by atoms with Crippen molar-refractivity contribution in [2.45, 2.75) is 58.4 Å². The molecule has 0 spiro atoms. The molecule has 1 aromatic rings. The van der Waals surface area contributed by atoms with Crippen molar-refractivity contribution in [3.05, 3.63) is 35.4 Å². The highest BCUT2D eigenvalue weighted by Crippen LogP contribution is 2.60. The van der Waals surface area contributed by atoms with E-state index in [1.54, 1.807) is 0 Å². The van der Waals surface area contributed by atoms with Gasteiger partial charge in [-0.1, -0.05) is 57.4 Å². The van der Waals surface area contributed by atoms with Gasteiger partial charge in [-0.15, -0.1) is 0 Å². The van der Waals surface area contributed by atoms with Crippen molar-refractivity contribution in [1.82, 2.24) is 5.32 Å². The molecule has 0 aromatic heterocycles. The predicted molar refractivity (Wildman–Crippen MR) is 85.8 cm³/mol. The zero-order chi connectivity index (χ0) is 13.9. The molecule has 1 heteroatoms. The van der Waals surface area contributed by atoms with Gasteiger partial charge in [0.05, 0.1) is 0 Å². The van der Waals surface area contributed by atoms with Crippen LogP contribution in [0.15, 0.2) is 24.3 Å². The van der Waals surface area contributed by atoms with E-state index in [0.29, 0.717) is 6.04 Å². The highest BCUT2D eigenvalue weighted by atomic mass is 14.9. The Bertz CT molecular complexity index is 427. The second kappa shape index (κ2) is 6.30. The number of rotatable bonds is 6. The zero-order valence-corrected chi connectivity index (χ0v) is 13.1. The minimum Gasteiger partial charge on any atom is -0.310 e. The first-order valence-corrected chi connectivity index (χ1v) is 8.67. The van der Waals surface area contributed by atoms with Gasteiger partial charge in [0.2, 0.25) is 0 Å². The average molecular weight is 271 g/mol. The Morgan fingerprint density at radius 3 is 2.55 bits per heavy atom. The maximum atomic E-state index is 3.79. The van der Waals surface area contributed by atoms with E-state index in [1.807, 2.05) is 0 Å². The van der Waals surface area contributed by atoms with E-state index in [0.717, 1.165) is 24.3 Å². The summed E-state index contributed by atoms with van der Waals surface area (Å²) in [7, 11) is 0. The van der Waals surface area contributed by atoms with Crippen molar-refractivity contribution in [3.63, 3.8) is 0 Å². The van der Waals surface area contributed by atoms with Gasteiger partial charge >= 0.3 is 0 Å². The Morgan fingerprint density at radius 2 is 1.90 bits per heavy atom. The molecule has 3 atom stereocenters. The van der Waals surface area contributed by atoms with Crippen LogP contribution >= 0.6 is 0 Å². The Kier molecular flexibility index (Phi) is 4.45. The van der Waals surface area contributed by atoms with Crippen LogP contribution in [-0.4, -0.2) is 6.54 Å². The maximum absolute atomic E-state index is 3.79. The van der Waals surface area contributed by atoms with Gasteiger partial charge in [0.1, 0.15) is 0 Å². The van der Waals surface area contributed by atoms with Crippen LogP contribution in [0.5, 0.6) is 0 Å². The van der Waals surface area contributed by atoms with Crippen molar-refractivity contribution in [2.75, 3.05) is 6.54 Å². The van der Waals surface area contributed by atoms with Gasteiger partial charge in [-0.3, -0.25) is 0 Å². The smallest absolute Gasteiger partial charge is 0.0354 e. The van der Waals surface area contributed by atoms with Gasteiger partial charge in [0.15, 0.2) is 0 Å². The third kappa shape index (κ3) is 2.79. The van der Waals surface area contributed by atoms with Gasteiger partial charge in [-0.05, 0) is 54.7 Å². The minimum atomic E-state index is 0.602. The van der Waals surface area contributed by atoms with Crippen LogP contribution in [0.2, 0.25) is 0 Å². The lowest BCUT2D eigenvalue weighted by Gasteiger charge is -2.20. The van der Waals surface area contributed by atoms with Gasteiger partial charge in [0, 0.05) is 6.04 Å². The van der Waals surface area contributed by atoms with E-state index in [2.05, 4.69) is 43.4 Å². The van der Waals surface area contributed by atoms with Crippen LogP contribution in [0, 0.1) is 17.8 Å². The van der Waals surface area contributed by atoms with Gasteiger partial charge in [-0.2, -0.15) is 0 Å². The number of hydrogen-bond acceptors (Lipinski definition) is 1. The SMILES string of the molecule is CCCc1cccc(C(NCC)C2C3CCCCC32)c1. The first kappa shape index (κ1) is 14.1. The fraction of sp³-hybridized carbons (Fsp3) is 0.684. The second-order valence-corrected chi connectivity index (χ2v) is 6.72. The van der Waals surface area contributed by atoms with Crippen molar-refractivity contribution < 1.29 is 0 Å². The lowest BCUT2D eigenvalue weighted by atomic mass is 9.96. The summed E-state index contributed by atoms with van der Waals surface area (Å²) in [5, 5.41) is 3.79. The van der Waals surface area contributed by atoms with E-state index < -0.39 is 0 Å². The molecule has 2 saturated carbocycles. The van der Waals surface area contributed by atoms with E-state index in [-0.39, 0.29) is 0 Å². The van der Waals surface area contributed by atoms with E-state index in [9.17, 15) is 0 Å². The Morgan fingerprint density at radius 1 is 1.15 bits per heavy atom. The predicted octanol–water partition coefficient (Wildman–Crippen LogP) is 4.73. The number of aryl methyl sites for hydroxylation is 1. The molecular weight excluding hydrogens is 242 g/mol. The Labute approximate surface area is 124 Å². The lowest BCUT2D eigenvalue weighted by Crippen LogP contribution is -2.24. The van der Waals surface area contributed by atoms with E-state index >= 15 is 0 Å². The molecule has 2 aliphatic rings. The number of nitrogens with one attached hydrogen (secondary N) is 1. The van der Waals surface area contributed by atoms with Crippen molar-refractivity contribution in [2.24, 2.45) is 17.8 Å². The van der Waals surface area contributed by atoms with Crippen molar-refractivity contribution in [3.8, 4) is 0 Å². The van der Waals surface area contributed by atoms with Crippen LogP contribution in [0.4, 0.5) is 0 Å². The lowest BCUT2D eigenvalue weighted by molar-refractivity contribution is 0.456. The average Bonchev–Trinajstić information content (AvgIpc) is 3.19. The summed E-state index contributed by atoms with van der Waals surface area (Å²) in [6, 6.07) is 9.95. The summed E-state index contributed by atoms with van der Waals surface area (Å²) in [4.78, 5) is 0. The summed E-state index contributed by atoms with van der Waals surface area (Å²) < 4.78 is 0. The van der Waals surface area contributed by atoms with Crippen LogP contribution in [0.25, 0.3) is 0 Å². The van der Waals surface area contributed by atoms with Gasteiger partial charge < -0.3 is 5.32 Å². The fourth-order valence-electron chi connectivity index (χ4n) is 4.47. The molecule has 2 fully saturated rings. The molecule has 0 aliphatic heterocycles. The standard InChI is InChI=1S/C19H29N/c1-3-8-14-9-7-10-15(13-14)19(20-4-2)18-16-11-5-6-12-17(16)18/h7,9-10,13,16-20H,3-6,8,11-12H2,1-2H3. The molecule has 110 valence electrons. The highest BCUT2D eigenvalue weighted by molar-refractivity contribution is 5.29. The Balaban J connectivity index is 1.78. The molecule has 2 aliphatic carbocycles. The molecule has 1 N–H and O–H groups in total. The van der Waals surface area contributed by atoms with Crippen molar-refractivity contribution in [1.29, 1.82) is 0 Å². The molecule has 0 radical (unpaired) electrons. The number of hydrogen-bond donors (Lipinski definition) is 1. The molecule has 0 heterocycles. The molecule has 20 heavy (non-hydrogen) atoms. The summed E-state index contributed by atoms with van der Waals surface area (Å²) >= 11 is 0. The van der Waals surface area contributed by atoms with Gasteiger partial charge in [0.25, 0.3) is 0 Å². The summed E-state index contributed by atoms with van der Waals surface area (Å²) in [5.41, 5.74) is 3.05. The quantitative estimate of drug-likeness (QED) is 0.789. The monoisotopic (exact) mass is 271 g/mol. The molecule has 1 nitrogen and oxygen atoms in total. The zero-order valence-electron chi connectivity index (χ0n) is 13.1. The third-order valence-electron chi connectivity index (χ3n) is 5.38. The molecule has 3 rings (SSSR count). The summed E-state index contributed by atoms with van der Waals surface area (Å²) in [6.07, 6.45) is 8.34. The normalized spacial score (nSPS) is 29.8. The molecule has 1 aromatic carbocycles. The van der Waals surface area contributed by atoms with Crippen LogP contribution in [0.1, 0.15) is 63.1 Å². The number of fused-ring (bicyclic) bond motifs is 1. The summed E-state index contributed by atoms with van der Waals surface area (Å²) in [5.74, 6) is 2.94. The summed E-state index contributed by atoms with van der Waals surface area (Å²) in [6.45, 7) is 5.59. The van der Waals surface area contributed by atoms with E-state index in [4.69, 9.17) is 0 Å². The molecule has 3 unspecified atom stereocenters. The second-order valence-electron chi connectivity index (χ2n) is 6.72. The topological polar surface area (TPSA) is 12.0 Å². The van der Waals surface area contributed by atoms with Crippen LogP contribution < -0.4 is 5.32 Å². The fourth-order valence-corrected chi connectivity index (χ4v) is 4.47. The van der Waals surface area contributed by atoms with Crippen molar-refractivity contribution >= 4 is 0 Å². The highest BCUT2D eigenvalue weighted by Gasteiger charge is 2.54. The van der Waals surface area contributed by atoms with Crippen LogP contribution in [-0.2, 0) is 6.42 Å². The first-order valence-electron chi connectivity index (χ1n) is 8.67. The third-order valence-corrected chi connectivity index (χ3v) is 5.38. The first-order chi connectivity index (χ1) is 9.85. The Hall–Kier alpha value is -0.820. The maximum Gasteiger partial charge on any atom is 0.0354 e. The molecule has 0 amide bonds. The van der Waals surface area contributed by atoms with Crippen LogP contribution in [0.3, 0.4) is 0 Å².